The fourth-order valence-electron chi connectivity index (χ4n) is 5.30. The number of likely N-dealkylation sites (tertiary alicyclic amines) is 1. The maximum Gasteiger partial charge on any atom is 0.256 e. The number of halogens is 2. The van der Waals surface area contributed by atoms with Crippen LogP contribution in [0.5, 0.6) is 0 Å². The van der Waals surface area contributed by atoms with Gasteiger partial charge < -0.3 is 19.7 Å². The molecule has 0 unspecified atom stereocenters. The molecule has 8 nitrogen and oxygen atoms in total. The highest BCUT2D eigenvalue weighted by atomic mass is 35.5. The molecule has 3 aliphatic rings. The molecule has 3 amide bonds. The van der Waals surface area contributed by atoms with Gasteiger partial charge in [0.2, 0.25) is 5.91 Å². The molecule has 3 fully saturated rings. The van der Waals surface area contributed by atoms with E-state index in [4.69, 9.17) is 21.1 Å². The molecule has 0 radical (unpaired) electrons. The van der Waals surface area contributed by atoms with Gasteiger partial charge in [-0.25, -0.2) is 4.39 Å². The highest BCUT2D eigenvalue weighted by molar-refractivity contribution is 6.33. The van der Waals surface area contributed by atoms with Crippen molar-refractivity contribution in [1.82, 2.24) is 15.1 Å². The summed E-state index contributed by atoms with van der Waals surface area (Å²) in [6.45, 7) is 1.71. The molecule has 196 valence electrons. The molecule has 1 spiro atoms. The third-order valence-electron chi connectivity index (χ3n) is 7.34. The van der Waals surface area contributed by atoms with Gasteiger partial charge in [0.25, 0.3) is 11.8 Å². The molecule has 2 atom stereocenters. The molecule has 0 aliphatic carbocycles. The normalized spacial score (nSPS) is 22.9. The number of benzene rings is 2. The predicted octanol–water partition coefficient (Wildman–Crippen LogP) is 3.25. The SMILES string of the molecule is O=C(NC[C@H]1CCCO1)[C@@H]1COC2(CCN(C(=O)c3ccccc3Cl)CC2)N1C(=O)c1ccc(F)cc1. The van der Waals surface area contributed by atoms with Gasteiger partial charge in [0.1, 0.15) is 17.6 Å². The molecule has 2 aromatic carbocycles. The average Bonchev–Trinajstić information content (AvgIpc) is 3.56. The van der Waals surface area contributed by atoms with Crippen LogP contribution < -0.4 is 5.32 Å². The highest BCUT2D eigenvalue weighted by Gasteiger charge is 2.54. The van der Waals surface area contributed by atoms with E-state index in [0.717, 1.165) is 12.8 Å². The summed E-state index contributed by atoms with van der Waals surface area (Å²) in [6, 6.07) is 11.3. The van der Waals surface area contributed by atoms with Crippen LogP contribution in [0, 0.1) is 5.82 Å². The van der Waals surface area contributed by atoms with Crippen LogP contribution in [0.25, 0.3) is 0 Å². The smallest absolute Gasteiger partial charge is 0.256 e. The van der Waals surface area contributed by atoms with E-state index in [0.29, 0.717) is 49.7 Å². The summed E-state index contributed by atoms with van der Waals surface area (Å²) < 4.78 is 25.3. The minimum Gasteiger partial charge on any atom is -0.376 e. The van der Waals surface area contributed by atoms with Crippen molar-refractivity contribution in [3.63, 3.8) is 0 Å². The number of nitrogens with one attached hydrogen (secondary N) is 1. The molecule has 3 saturated heterocycles. The second-order valence-electron chi connectivity index (χ2n) is 9.61. The Bertz CT molecular complexity index is 1160. The Kier molecular flexibility index (Phi) is 7.46. The monoisotopic (exact) mass is 529 g/mol. The van der Waals surface area contributed by atoms with E-state index >= 15 is 0 Å². The van der Waals surface area contributed by atoms with Gasteiger partial charge in [0.05, 0.1) is 23.3 Å². The van der Waals surface area contributed by atoms with Gasteiger partial charge in [-0.15, -0.1) is 0 Å². The molecular weight excluding hydrogens is 501 g/mol. The third-order valence-corrected chi connectivity index (χ3v) is 7.67. The molecule has 3 aliphatic heterocycles. The second-order valence-corrected chi connectivity index (χ2v) is 10.0. The van der Waals surface area contributed by atoms with E-state index in [2.05, 4.69) is 5.32 Å². The number of hydrogen-bond donors (Lipinski definition) is 1. The zero-order valence-electron chi connectivity index (χ0n) is 20.3. The summed E-state index contributed by atoms with van der Waals surface area (Å²) in [5.41, 5.74) is -0.384. The van der Waals surface area contributed by atoms with E-state index in [1.165, 1.54) is 29.2 Å². The van der Waals surface area contributed by atoms with E-state index in [1.54, 1.807) is 29.2 Å². The predicted molar refractivity (Wildman–Crippen MR) is 134 cm³/mol. The van der Waals surface area contributed by atoms with Gasteiger partial charge in [-0.1, -0.05) is 23.7 Å². The van der Waals surface area contributed by atoms with Gasteiger partial charge in [0.15, 0.2) is 0 Å². The Balaban J connectivity index is 1.35. The van der Waals surface area contributed by atoms with Gasteiger partial charge in [-0.3, -0.25) is 19.3 Å². The van der Waals surface area contributed by atoms with Crippen LogP contribution in [0.2, 0.25) is 5.02 Å². The molecule has 2 aromatic rings. The standard InChI is InChI=1S/C27H29ClFN3O5/c28-22-6-2-1-5-21(22)26(35)31-13-11-27(12-14-31)32(25(34)18-7-9-19(29)10-8-18)23(17-37-27)24(33)30-16-20-4-3-15-36-20/h1-2,5-10,20,23H,3-4,11-17H2,(H,30,33)/t20-,23+/m1/s1. The van der Waals surface area contributed by atoms with Gasteiger partial charge in [-0.2, -0.15) is 0 Å². The quantitative estimate of drug-likeness (QED) is 0.642. The lowest BCUT2D eigenvalue weighted by molar-refractivity contribution is -0.128. The number of ether oxygens (including phenoxy) is 2. The van der Waals surface area contributed by atoms with Crippen LogP contribution in [-0.4, -0.2) is 78.2 Å². The van der Waals surface area contributed by atoms with Gasteiger partial charge >= 0.3 is 0 Å². The van der Waals surface area contributed by atoms with Crippen molar-refractivity contribution >= 4 is 29.3 Å². The van der Waals surface area contributed by atoms with Crippen LogP contribution in [0.3, 0.4) is 0 Å². The van der Waals surface area contributed by atoms with E-state index in [1.807, 2.05) is 0 Å². The molecule has 0 saturated carbocycles. The number of amides is 3. The van der Waals surface area contributed by atoms with Crippen molar-refractivity contribution in [1.29, 1.82) is 0 Å². The van der Waals surface area contributed by atoms with Crippen LogP contribution in [0.1, 0.15) is 46.4 Å². The van der Waals surface area contributed by atoms with Gasteiger partial charge in [-0.05, 0) is 49.2 Å². The summed E-state index contributed by atoms with van der Waals surface area (Å²) in [6.07, 6.45) is 2.44. The Morgan fingerprint density at radius 3 is 2.46 bits per heavy atom. The number of carbonyl (C=O) groups excluding carboxylic acids is 3. The first-order valence-corrected chi connectivity index (χ1v) is 12.9. The first kappa shape index (κ1) is 25.6. The molecule has 5 rings (SSSR count). The van der Waals surface area contributed by atoms with Crippen molar-refractivity contribution in [2.24, 2.45) is 0 Å². The Morgan fingerprint density at radius 2 is 1.78 bits per heavy atom. The molecule has 37 heavy (non-hydrogen) atoms. The number of rotatable bonds is 5. The summed E-state index contributed by atoms with van der Waals surface area (Å²) in [7, 11) is 0. The topological polar surface area (TPSA) is 88.2 Å². The summed E-state index contributed by atoms with van der Waals surface area (Å²) >= 11 is 6.23. The number of nitrogens with zero attached hydrogens (tertiary/aromatic N) is 2. The molecule has 10 heteroatoms. The first-order chi connectivity index (χ1) is 17.9. The van der Waals surface area contributed by atoms with Crippen LogP contribution >= 0.6 is 11.6 Å². The summed E-state index contributed by atoms with van der Waals surface area (Å²) in [5, 5.41) is 3.29. The lowest BCUT2D eigenvalue weighted by atomic mass is 9.96. The van der Waals surface area contributed by atoms with Crippen molar-refractivity contribution in [3.05, 3.63) is 70.5 Å². The van der Waals surface area contributed by atoms with Crippen LogP contribution in [-0.2, 0) is 14.3 Å². The number of hydrogen-bond acceptors (Lipinski definition) is 5. The summed E-state index contributed by atoms with van der Waals surface area (Å²) in [4.78, 5) is 43.2. The van der Waals surface area contributed by atoms with E-state index < -0.39 is 23.5 Å². The third kappa shape index (κ3) is 5.21. The molecular formula is C27H29ClFN3O5. The average molecular weight is 530 g/mol. The lowest BCUT2D eigenvalue weighted by Crippen LogP contribution is -2.60. The first-order valence-electron chi connectivity index (χ1n) is 12.5. The van der Waals surface area contributed by atoms with Crippen molar-refractivity contribution in [2.45, 2.75) is 43.6 Å². The minimum absolute atomic E-state index is 0.0305. The Labute approximate surface area is 219 Å². The molecule has 0 bridgehead atoms. The van der Waals surface area contributed by atoms with Crippen molar-refractivity contribution in [2.75, 3.05) is 32.8 Å². The largest absolute Gasteiger partial charge is 0.376 e. The van der Waals surface area contributed by atoms with Crippen molar-refractivity contribution in [3.8, 4) is 0 Å². The second kappa shape index (κ2) is 10.8. The lowest BCUT2D eigenvalue weighted by Gasteiger charge is -2.44. The van der Waals surface area contributed by atoms with Crippen LogP contribution in [0.15, 0.2) is 48.5 Å². The molecule has 1 N–H and O–H groups in total. The Hall–Kier alpha value is -3.01. The van der Waals surface area contributed by atoms with E-state index in [9.17, 15) is 18.8 Å². The molecule has 3 heterocycles. The highest BCUT2D eigenvalue weighted by Crippen LogP contribution is 2.39. The fraction of sp³-hybridized carbons (Fsp3) is 0.444. The Morgan fingerprint density at radius 1 is 1.05 bits per heavy atom. The number of piperidine rings is 1. The zero-order chi connectivity index (χ0) is 26.0. The zero-order valence-corrected chi connectivity index (χ0v) is 21.1. The van der Waals surface area contributed by atoms with Crippen molar-refractivity contribution < 1.29 is 28.2 Å². The van der Waals surface area contributed by atoms with E-state index in [-0.39, 0.29) is 30.1 Å². The fourth-order valence-corrected chi connectivity index (χ4v) is 5.52. The number of carbonyl (C=O) groups is 3. The summed E-state index contributed by atoms with van der Waals surface area (Å²) in [5.74, 6) is -1.39. The van der Waals surface area contributed by atoms with Gasteiger partial charge in [0, 0.05) is 44.6 Å². The van der Waals surface area contributed by atoms with Crippen LogP contribution in [0.4, 0.5) is 4.39 Å². The molecule has 0 aromatic heterocycles. The maximum absolute atomic E-state index is 13.7. The maximum atomic E-state index is 13.7. The minimum atomic E-state index is -1.06.